The maximum absolute atomic E-state index is 11.4. The van der Waals surface area contributed by atoms with Crippen LogP contribution in [0.3, 0.4) is 0 Å². The highest BCUT2D eigenvalue weighted by Gasteiger charge is 2.31. The van der Waals surface area contributed by atoms with Gasteiger partial charge in [-0.15, -0.1) is 0 Å². The summed E-state index contributed by atoms with van der Waals surface area (Å²) < 4.78 is 1.75. The van der Waals surface area contributed by atoms with Crippen LogP contribution < -0.4 is 0 Å². The highest BCUT2D eigenvalue weighted by atomic mass is 16.4. The molecule has 1 aliphatic rings. The Morgan fingerprint density at radius 3 is 2.65 bits per heavy atom. The predicted molar refractivity (Wildman–Crippen MR) is 72.4 cm³/mol. The smallest absolute Gasteiger partial charge is 0.339 e. The van der Waals surface area contributed by atoms with Gasteiger partial charge in [0.2, 0.25) is 0 Å². The summed E-state index contributed by atoms with van der Waals surface area (Å²) in [6.07, 6.45) is 7.11. The summed E-state index contributed by atoms with van der Waals surface area (Å²) in [6.45, 7) is 3.88. The van der Waals surface area contributed by atoms with Gasteiger partial charge >= 0.3 is 5.97 Å². The molecule has 2 heterocycles. The van der Waals surface area contributed by atoms with Crippen molar-refractivity contribution in [1.29, 1.82) is 0 Å². The van der Waals surface area contributed by atoms with E-state index in [0.29, 0.717) is 23.0 Å². The van der Waals surface area contributed by atoms with Gasteiger partial charge in [0.25, 0.3) is 0 Å². The molecule has 0 saturated heterocycles. The van der Waals surface area contributed by atoms with Crippen molar-refractivity contribution in [3.05, 3.63) is 29.8 Å². The normalized spacial score (nSPS) is 16.1. The highest BCUT2D eigenvalue weighted by molar-refractivity contribution is 5.94. The van der Waals surface area contributed by atoms with Crippen molar-refractivity contribution in [3.8, 4) is 11.4 Å². The monoisotopic (exact) mass is 272 g/mol. The molecule has 1 unspecified atom stereocenters. The molecule has 6 heteroatoms. The van der Waals surface area contributed by atoms with Gasteiger partial charge in [-0.3, -0.25) is 14.6 Å². The summed E-state index contributed by atoms with van der Waals surface area (Å²) in [6, 6.07) is 0.221. The molecule has 6 nitrogen and oxygen atoms in total. The summed E-state index contributed by atoms with van der Waals surface area (Å²) >= 11 is 0. The molecule has 1 saturated carbocycles. The van der Waals surface area contributed by atoms with Crippen LogP contribution in [0, 0.1) is 12.8 Å². The first-order valence-corrected chi connectivity index (χ1v) is 6.68. The second-order valence-corrected chi connectivity index (χ2v) is 5.24. The zero-order chi connectivity index (χ0) is 14.3. The zero-order valence-corrected chi connectivity index (χ0v) is 11.4. The molecule has 0 bridgehead atoms. The van der Waals surface area contributed by atoms with Crippen molar-refractivity contribution in [1.82, 2.24) is 19.7 Å². The standard InChI is InChI=1S/C14H16N4O2/c1-8-12(16-6-5-15-8)13-11(14(19)20)7-18(17-13)9(2)10-3-4-10/h5-7,9-10H,3-4H2,1-2H3,(H,19,20). The number of carboxylic acid groups (broad SMARTS) is 1. The Balaban J connectivity index is 2.09. The number of aromatic carboxylic acids is 1. The fourth-order valence-electron chi connectivity index (χ4n) is 2.37. The molecule has 2 aromatic heterocycles. The molecule has 0 aliphatic heterocycles. The van der Waals surface area contributed by atoms with Crippen LogP contribution in [0.1, 0.15) is 41.9 Å². The van der Waals surface area contributed by atoms with E-state index in [4.69, 9.17) is 0 Å². The average Bonchev–Trinajstić information content (AvgIpc) is 3.17. The minimum absolute atomic E-state index is 0.182. The minimum Gasteiger partial charge on any atom is -0.478 e. The van der Waals surface area contributed by atoms with Crippen LogP contribution in [-0.2, 0) is 0 Å². The molecule has 1 fully saturated rings. The lowest BCUT2D eigenvalue weighted by molar-refractivity contribution is 0.0697. The van der Waals surface area contributed by atoms with E-state index in [1.54, 1.807) is 30.2 Å². The summed E-state index contributed by atoms with van der Waals surface area (Å²) in [4.78, 5) is 19.8. The van der Waals surface area contributed by atoms with Gasteiger partial charge < -0.3 is 5.11 Å². The third-order valence-electron chi connectivity index (χ3n) is 3.79. The van der Waals surface area contributed by atoms with Gasteiger partial charge in [-0.25, -0.2) is 4.79 Å². The molecular weight excluding hydrogens is 256 g/mol. The zero-order valence-electron chi connectivity index (χ0n) is 11.4. The Bertz CT molecular complexity index is 661. The Morgan fingerprint density at radius 2 is 2.05 bits per heavy atom. The van der Waals surface area contributed by atoms with Crippen molar-refractivity contribution >= 4 is 5.97 Å². The molecule has 3 rings (SSSR count). The topological polar surface area (TPSA) is 80.9 Å². The minimum atomic E-state index is -0.987. The Kier molecular flexibility index (Phi) is 3.00. The lowest BCUT2D eigenvalue weighted by Gasteiger charge is -2.09. The Morgan fingerprint density at radius 1 is 1.35 bits per heavy atom. The maximum Gasteiger partial charge on any atom is 0.339 e. The molecule has 104 valence electrons. The van der Waals surface area contributed by atoms with E-state index >= 15 is 0 Å². The fourth-order valence-corrected chi connectivity index (χ4v) is 2.37. The second-order valence-electron chi connectivity index (χ2n) is 5.24. The molecule has 0 spiro atoms. The van der Waals surface area contributed by atoms with E-state index in [9.17, 15) is 9.90 Å². The van der Waals surface area contributed by atoms with E-state index in [-0.39, 0.29) is 11.6 Å². The van der Waals surface area contributed by atoms with Crippen LogP contribution in [-0.4, -0.2) is 30.8 Å². The summed E-state index contributed by atoms with van der Waals surface area (Å²) in [5.74, 6) is -0.383. The third-order valence-corrected chi connectivity index (χ3v) is 3.79. The molecule has 1 aliphatic carbocycles. The molecule has 0 amide bonds. The molecule has 1 atom stereocenters. The van der Waals surface area contributed by atoms with Gasteiger partial charge in [0.05, 0.1) is 11.7 Å². The molecule has 0 aromatic carbocycles. The lowest BCUT2D eigenvalue weighted by atomic mass is 10.1. The first kappa shape index (κ1) is 12.8. The van der Waals surface area contributed by atoms with Gasteiger partial charge in [-0.2, -0.15) is 5.10 Å². The van der Waals surface area contributed by atoms with Crippen LogP contribution in [0.15, 0.2) is 18.6 Å². The Labute approximate surface area is 116 Å². The van der Waals surface area contributed by atoms with Crippen molar-refractivity contribution in [2.24, 2.45) is 5.92 Å². The number of carbonyl (C=O) groups is 1. The van der Waals surface area contributed by atoms with E-state index in [1.165, 1.54) is 12.8 Å². The van der Waals surface area contributed by atoms with Crippen LogP contribution in [0.5, 0.6) is 0 Å². The van der Waals surface area contributed by atoms with Crippen LogP contribution >= 0.6 is 0 Å². The predicted octanol–water partition coefficient (Wildman–Crippen LogP) is 2.32. The number of aromatic nitrogens is 4. The quantitative estimate of drug-likeness (QED) is 0.923. The number of carboxylic acids is 1. The van der Waals surface area contributed by atoms with Crippen LogP contribution in [0.2, 0.25) is 0 Å². The molecular formula is C14H16N4O2. The van der Waals surface area contributed by atoms with Gasteiger partial charge in [0.15, 0.2) is 0 Å². The first-order chi connectivity index (χ1) is 9.58. The number of hydrogen-bond donors (Lipinski definition) is 1. The van der Waals surface area contributed by atoms with Gasteiger partial charge in [-0.05, 0) is 32.6 Å². The largest absolute Gasteiger partial charge is 0.478 e. The van der Waals surface area contributed by atoms with Crippen LogP contribution in [0.4, 0.5) is 0 Å². The number of rotatable bonds is 4. The van der Waals surface area contributed by atoms with Gasteiger partial charge in [0.1, 0.15) is 17.0 Å². The fraction of sp³-hybridized carbons (Fsp3) is 0.429. The van der Waals surface area contributed by atoms with Crippen molar-refractivity contribution in [3.63, 3.8) is 0 Å². The average molecular weight is 272 g/mol. The Hall–Kier alpha value is -2.24. The maximum atomic E-state index is 11.4. The SMILES string of the molecule is Cc1nccnc1-c1nn(C(C)C2CC2)cc1C(=O)O. The lowest BCUT2D eigenvalue weighted by Crippen LogP contribution is -2.07. The molecule has 20 heavy (non-hydrogen) atoms. The summed E-state index contributed by atoms with van der Waals surface area (Å²) in [5, 5.41) is 13.8. The van der Waals surface area contributed by atoms with Crippen molar-refractivity contribution in [2.75, 3.05) is 0 Å². The number of aryl methyl sites for hydroxylation is 1. The number of hydrogen-bond acceptors (Lipinski definition) is 4. The summed E-state index contributed by atoms with van der Waals surface area (Å²) in [7, 11) is 0. The van der Waals surface area contributed by atoms with E-state index < -0.39 is 5.97 Å². The molecule has 0 radical (unpaired) electrons. The van der Waals surface area contributed by atoms with E-state index in [1.807, 2.05) is 0 Å². The number of nitrogens with zero attached hydrogens (tertiary/aromatic N) is 4. The molecule has 2 aromatic rings. The van der Waals surface area contributed by atoms with Crippen LogP contribution in [0.25, 0.3) is 11.4 Å². The third kappa shape index (κ3) is 2.17. The van der Waals surface area contributed by atoms with E-state index in [2.05, 4.69) is 22.0 Å². The summed E-state index contributed by atoms with van der Waals surface area (Å²) in [5.41, 5.74) is 1.79. The second kappa shape index (κ2) is 4.70. The van der Waals surface area contributed by atoms with Gasteiger partial charge in [-0.1, -0.05) is 0 Å². The van der Waals surface area contributed by atoms with Crippen molar-refractivity contribution < 1.29 is 9.90 Å². The highest BCUT2D eigenvalue weighted by Crippen LogP contribution is 2.39. The molecule has 1 N–H and O–H groups in total. The van der Waals surface area contributed by atoms with Gasteiger partial charge in [0, 0.05) is 18.6 Å². The first-order valence-electron chi connectivity index (χ1n) is 6.68. The van der Waals surface area contributed by atoms with E-state index in [0.717, 1.165) is 0 Å². The van der Waals surface area contributed by atoms with Crippen molar-refractivity contribution in [2.45, 2.75) is 32.7 Å².